The Labute approximate surface area is 197 Å². The van der Waals surface area contributed by atoms with Gasteiger partial charge in [-0.3, -0.25) is 14.2 Å². The summed E-state index contributed by atoms with van der Waals surface area (Å²) >= 11 is 1.41. The first-order valence-electron chi connectivity index (χ1n) is 11.5. The Hall–Kier alpha value is -2.71. The lowest BCUT2D eigenvalue weighted by Gasteiger charge is -2.26. The molecular formula is C25H29FN4O2S. The minimum Gasteiger partial charge on any atom is -0.355 e. The van der Waals surface area contributed by atoms with Crippen LogP contribution in [0.5, 0.6) is 0 Å². The molecule has 2 heterocycles. The highest BCUT2D eigenvalue weighted by Gasteiger charge is 2.14. The molecule has 33 heavy (non-hydrogen) atoms. The SMILES string of the molecule is O=C(CCCSc1nc2ccccc2c(=O)n1-c1cccc(F)c1)NCCN1CCCCC1. The molecule has 4 rings (SSSR count). The van der Waals surface area contributed by atoms with Gasteiger partial charge in [0.15, 0.2) is 5.16 Å². The third kappa shape index (κ3) is 6.21. The number of amides is 1. The molecule has 8 heteroatoms. The molecule has 1 aromatic heterocycles. The molecule has 174 valence electrons. The van der Waals surface area contributed by atoms with Crippen LogP contribution in [0.4, 0.5) is 4.39 Å². The number of rotatable bonds is 9. The lowest BCUT2D eigenvalue weighted by Crippen LogP contribution is -2.37. The Bertz CT molecular complexity index is 1160. The Morgan fingerprint density at radius 3 is 2.73 bits per heavy atom. The largest absolute Gasteiger partial charge is 0.355 e. The summed E-state index contributed by atoms with van der Waals surface area (Å²) in [6.45, 7) is 3.83. The van der Waals surface area contributed by atoms with Gasteiger partial charge in [0, 0.05) is 25.3 Å². The van der Waals surface area contributed by atoms with Gasteiger partial charge in [-0.05, 0) is 62.7 Å². The second kappa shape index (κ2) is 11.4. The van der Waals surface area contributed by atoms with Crippen molar-refractivity contribution in [1.29, 1.82) is 0 Å². The Morgan fingerprint density at radius 1 is 1.09 bits per heavy atom. The number of hydrogen-bond acceptors (Lipinski definition) is 5. The molecule has 1 aliphatic rings. The van der Waals surface area contributed by atoms with Crippen LogP contribution in [0.1, 0.15) is 32.1 Å². The number of likely N-dealkylation sites (tertiary alicyclic amines) is 1. The summed E-state index contributed by atoms with van der Waals surface area (Å²) in [6, 6.07) is 13.1. The fourth-order valence-corrected chi connectivity index (χ4v) is 5.02. The first kappa shape index (κ1) is 23.4. The summed E-state index contributed by atoms with van der Waals surface area (Å²) in [5, 5.41) is 3.98. The summed E-state index contributed by atoms with van der Waals surface area (Å²) in [4.78, 5) is 32.4. The van der Waals surface area contributed by atoms with E-state index in [1.54, 1.807) is 30.3 Å². The number of benzene rings is 2. The monoisotopic (exact) mass is 468 g/mol. The normalized spacial score (nSPS) is 14.5. The topological polar surface area (TPSA) is 67.2 Å². The highest BCUT2D eigenvalue weighted by Crippen LogP contribution is 2.22. The minimum absolute atomic E-state index is 0.0431. The van der Waals surface area contributed by atoms with Gasteiger partial charge in [0.05, 0.1) is 16.6 Å². The number of thioether (sulfide) groups is 1. The fraction of sp³-hybridized carbons (Fsp3) is 0.400. The Balaban J connectivity index is 1.37. The van der Waals surface area contributed by atoms with Crippen molar-refractivity contribution in [2.45, 2.75) is 37.3 Å². The summed E-state index contributed by atoms with van der Waals surface area (Å²) < 4.78 is 15.3. The molecular weight excluding hydrogens is 439 g/mol. The zero-order chi connectivity index (χ0) is 23.0. The van der Waals surface area contributed by atoms with E-state index >= 15 is 0 Å². The van der Waals surface area contributed by atoms with E-state index in [-0.39, 0.29) is 11.5 Å². The number of nitrogens with zero attached hydrogens (tertiary/aromatic N) is 3. The molecule has 0 unspecified atom stereocenters. The third-order valence-corrected chi connectivity index (χ3v) is 6.81. The highest BCUT2D eigenvalue weighted by molar-refractivity contribution is 7.99. The van der Waals surface area contributed by atoms with Crippen molar-refractivity contribution in [2.75, 3.05) is 31.9 Å². The molecule has 0 atom stereocenters. The molecule has 0 radical (unpaired) electrons. The summed E-state index contributed by atoms with van der Waals surface area (Å²) in [6.07, 6.45) is 4.87. The smallest absolute Gasteiger partial charge is 0.266 e. The van der Waals surface area contributed by atoms with Gasteiger partial charge in [0.25, 0.3) is 5.56 Å². The lowest BCUT2D eigenvalue weighted by atomic mass is 10.1. The maximum absolute atomic E-state index is 13.9. The number of carbonyl (C=O) groups is 1. The number of halogens is 1. The molecule has 1 fully saturated rings. The number of para-hydroxylation sites is 1. The number of carbonyl (C=O) groups excluding carboxylic acids is 1. The molecule has 0 bridgehead atoms. The molecule has 1 N–H and O–H groups in total. The second-order valence-corrected chi connectivity index (χ2v) is 9.30. The van der Waals surface area contributed by atoms with Gasteiger partial charge < -0.3 is 10.2 Å². The van der Waals surface area contributed by atoms with Gasteiger partial charge in [-0.25, -0.2) is 9.37 Å². The molecule has 0 saturated carbocycles. The fourth-order valence-electron chi connectivity index (χ4n) is 4.07. The van der Waals surface area contributed by atoms with Crippen molar-refractivity contribution in [2.24, 2.45) is 0 Å². The quantitative estimate of drug-likeness (QED) is 0.292. The number of nitrogens with one attached hydrogen (secondary N) is 1. The van der Waals surface area contributed by atoms with E-state index < -0.39 is 5.82 Å². The van der Waals surface area contributed by atoms with E-state index in [2.05, 4.69) is 15.2 Å². The van der Waals surface area contributed by atoms with Crippen LogP contribution in [-0.2, 0) is 4.79 Å². The van der Waals surface area contributed by atoms with Crippen LogP contribution < -0.4 is 10.9 Å². The van der Waals surface area contributed by atoms with Crippen molar-refractivity contribution < 1.29 is 9.18 Å². The molecule has 1 saturated heterocycles. The van der Waals surface area contributed by atoms with Gasteiger partial charge in [-0.15, -0.1) is 0 Å². The van der Waals surface area contributed by atoms with Gasteiger partial charge in [0.1, 0.15) is 5.82 Å². The maximum atomic E-state index is 13.9. The Kier molecular flexibility index (Phi) is 8.12. The lowest BCUT2D eigenvalue weighted by molar-refractivity contribution is -0.121. The van der Waals surface area contributed by atoms with Gasteiger partial charge in [0.2, 0.25) is 5.91 Å². The van der Waals surface area contributed by atoms with Crippen LogP contribution in [0, 0.1) is 5.82 Å². The van der Waals surface area contributed by atoms with Crippen LogP contribution >= 0.6 is 11.8 Å². The predicted molar refractivity (Wildman–Crippen MR) is 131 cm³/mol. The van der Waals surface area contributed by atoms with Gasteiger partial charge in [-0.1, -0.05) is 36.4 Å². The van der Waals surface area contributed by atoms with Crippen LogP contribution in [-0.4, -0.2) is 52.3 Å². The average molecular weight is 469 g/mol. The number of hydrogen-bond donors (Lipinski definition) is 1. The first-order valence-corrected chi connectivity index (χ1v) is 12.5. The van der Waals surface area contributed by atoms with Crippen molar-refractivity contribution in [3.8, 4) is 5.69 Å². The highest BCUT2D eigenvalue weighted by atomic mass is 32.2. The molecule has 6 nitrogen and oxygen atoms in total. The molecule has 1 amide bonds. The van der Waals surface area contributed by atoms with Crippen LogP contribution in [0.25, 0.3) is 16.6 Å². The van der Waals surface area contributed by atoms with E-state index in [1.807, 2.05) is 6.07 Å². The number of aromatic nitrogens is 2. The number of fused-ring (bicyclic) bond motifs is 1. The van der Waals surface area contributed by atoms with E-state index in [4.69, 9.17) is 0 Å². The average Bonchev–Trinajstić information content (AvgIpc) is 2.83. The summed E-state index contributed by atoms with van der Waals surface area (Å²) in [5.41, 5.74) is 0.813. The summed E-state index contributed by atoms with van der Waals surface area (Å²) in [7, 11) is 0. The van der Waals surface area contributed by atoms with Crippen LogP contribution in [0.2, 0.25) is 0 Å². The molecule has 0 spiro atoms. The molecule has 1 aliphatic heterocycles. The zero-order valence-corrected chi connectivity index (χ0v) is 19.5. The van der Waals surface area contributed by atoms with Gasteiger partial charge >= 0.3 is 0 Å². The second-order valence-electron chi connectivity index (χ2n) is 8.24. The number of piperidine rings is 1. The van der Waals surface area contributed by atoms with Crippen molar-refractivity contribution >= 4 is 28.6 Å². The van der Waals surface area contributed by atoms with Gasteiger partial charge in [-0.2, -0.15) is 0 Å². The predicted octanol–water partition coefficient (Wildman–Crippen LogP) is 4.00. The molecule has 3 aromatic rings. The summed E-state index contributed by atoms with van der Waals surface area (Å²) in [5.74, 6) is 0.256. The Morgan fingerprint density at radius 2 is 1.91 bits per heavy atom. The van der Waals surface area contributed by atoms with Crippen molar-refractivity contribution in [1.82, 2.24) is 19.8 Å². The maximum Gasteiger partial charge on any atom is 0.266 e. The van der Waals surface area contributed by atoms with E-state index in [9.17, 15) is 14.0 Å². The molecule has 0 aliphatic carbocycles. The molecule has 2 aromatic carbocycles. The first-order chi connectivity index (χ1) is 16.1. The minimum atomic E-state index is -0.412. The van der Waals surface area contributed by atoms with Crippen molar-refractivity contribution in [3.05, 3.63) is 64.7 Å². The van der Waals surface area contributed by atoms with E-state index in [0.29, 0.717) is 46.9 Å². The zero-order valence-electron chi connectivity index (χ0n) is 18.6. The van der Waals surface area contributed by atoms with E-state index in [0.717, 1.165) is 19.6 Å². The van der Waals surface area contributed by atoms with Crippen LogP contribution in [0.15, 0.2) is 58.5 Å². The van der Waals surface area contributed by atoms with E-state index in [1.165, 1.54) is 47.7 Å². The standard InChI is InChI=1S/C25H29FN4O2S/c26-19-8-6-9-20(18-19)30-24(32)21-10-2-3-11-22(21)28-25(30)33-17-7-12-23(31)27-13-16-29-14-4-1-5-15-29/h2-3,6,8-11,18H,1,4-5,7,12-17H2,(H,27,31). The van der Waals surface area contributed by atoms with Crippen LogP contribution in [0.3, 0.4) is 0 Å². The third-order valence-electron chi connectivity index (χ3n) is 5.79. The van der Waals surface area contributed by atoms with Crippen molar-refractivity contribution in [3.63, 3.8) is 0 Å².